The van der Waals surface area contributed by atoms with Crippen LogP contribution in [0.25, 0.3) is 10.9 Å². The Kier molecular flexibility index (Phi) is 5.11. The zero-order valence-electron chi connectivity index (χ0n) is 15.2. The first-order chi connectivity index (χ1) is 12.5. The largest absolute Gasteiger partial charge is 0.497 e. The first-order valence-corrected chi connectivity index (χ1v) is 8.31. The third kappa shape index (κ3) is 3.79. The Balaban J connectivity index is 1.98. The molecule has 2 aromatic carbocycles. The smallest absolute Gasteiger partial charge is 0.346 e. The molecule has 0 bridgehead atoms. The molecule has 3 aromatic rings. The molecule has 26 heavy (non-hydrogen) atoms. The molecular formula is C20H21NO5. The Morgan fingerprint density at radius 1 is 1.04 bits per heavy atom. The molecule has 6 nitrogen and oxygen atoms in total. The first-order valence-electron chi connectivity index (χ1n) is 8.31. The molecule has 1 heterocycles. The fourth-order valence-electron chi connectivity index (χ4n) is 2.70. The van der Waals surface area contributed by atoms with E-state index in [1.165, 1.54) is 0 Å². The number of fused-ring (bicyclic) bond motifs is 1. The fourth-order valence-corrected chi connectivity index (χ4v) is 2.70. The van der Waals surface area contributed by atoms with Crippen LogP contribution in [0.2, 0.25) is 0 Å². The molecule has 0 fully saturated rings. The minimum Gasteiger partial charge on any atom is -0.497 e. The lowest BCUT2D eigenvalue weighted by Crippen LogP contribution is -2.09. The lowest BCUT2D eigenvalue weighted by atomic mass is 10.1. The lowest BCUT2D eigenvalue weighted by molar-refractivity contribution is 0.242. The summed E-state index contributed by atoms with van der Waals surface area (Å²) in [6, 6.07) is 10.7. The van der Waals surface area contributed by atoms with Crippen molar-refractivity contribution in [2.24, 2.45) is 0 Å². The van der Waals surface area contributed by atoms with E-state index in [9.17, 15) is 4.79 Å². The Hall–Kier alpha value is -3.02. The van der Waals surface area contributed by atoms with Gasteiger partial charge in [0.2, 0.25) is 5.89 Å². The number of nitrogens with zero attached hydrogens (tertiary/aromatic N) is 1. The van der Waals surface area contributed by atoms with Crippen LogP contribution in [0.15, 0.2) is 45.6 Å². The van der Waals surface area contributed by atoms with Crippen molar-refractivity contribution in [2.45, 2.75) is 26.4 Å². The van der Waals surface area contributed by atoms with Gasteiger partial charge in [0.1, 0.15) is 17.2 Å². The van der Waals surface area contributed by atoms with Gasteiger partial charge in [0.25, 0.3) is 0 Å². The van der Waals surface area contributed by atoms with E-state index in [4.69, 9.17) is 18.6 Å². The van der Waals surface area contributed by atoms with Gasteiger partial charge < -0.3 is 18.6 Å². The number of methoxy groups -OCH3 is 2. The van der Waals surface area contributed by atoms with Gasteiger partial charge in [-0.3, -0.25) is 0 Å². The van der Waals surface area contributed by atoms with Crippen molar-refractivity contribution in [1.29, 1.82) is 0 Å². The number of rotatable bonds is 6. The second-order valence-corrected chi connectivity index (χ2v) is 6.10. The highest BCUT2D eigenvalue weighted by Crippen LogP contribution is 2.26. The number of hydrogen-bond donors (Lipinski definition) is 0. The van der Waals surface area contributed by atoms with Crippen molar-refractivity contribution in [3.63, 3.8) is 0 Å². The molecule has 0 aliphatic heterocycles. The van der Waals surface area contributed by atoms with Crippen LogP contribution in [-0.2, 0) is 6.42 Å². The molecule has 136 valence electrons. The second kappa shape index (κ2) is 7.47. The van der Waals surface area contributed by atoms with Crippen molar-refractivity contribution in [3.05, 3.63) is 58.3 Å². The van der Waals surface area contributed by atoms with Gasteiger partial charge in [-0.05, 0) is 50.2 Å². The topological polar surface area (TPSA) is 70.8 Å². The normalized spacial score (nSPS) is 11.0. The van der Waals surface area contributed by atoms with Gasteiger partial charge in [0, 0.05) is 5.56 Å². The summed E-state index contributed by atoms with van der Waals surface area (Å²) in [6.07, 6.45) is 0.336. The van der Waals surface area contributed by atoms with Crippen LogP contribution in [0.3, 0.4) is 0 Å². The summed E-state index contributed by atoms with van der Waals surface area (Å²) >= 11 is 0. The number of hydrogen-bond acceptors (Lipinski definition) is 6. The average molecular weight is 355 g/mol. The number of aromatic nitrogens is 1. The predicted octanol–water partition coefficient (Wildman–Crippen LogP) is 3.58. The average Bonchev–Trinajstić information content (AvgIpc) is 2.61. The molecule has 3 rings (SSSR count). The molecule has 0 aliphatic carbocycles. The first kappa shape index (κ1) is 17.8. The van der Waals surface area contributed by atoms with E-state index in [2.05, 4.69) is 4.98 Å². The van der Waals surface area contributed by atoms with Gasteiger partial charge in [-0.2, -0.15) is 0 Å². The van der Waals surface area contributed by atoms with Crippen molar-refractivity contribution >= 4 is 10.9 Å². The standard InChI is InChI=1S/C20H21NO5/c1-12(2)25-15-5-7-17-16(11-15)20(22)26-19(21-17)10-13-9-14(23-3)6-8-18(13)24-4/h5-9,11-12H,10H2,1-4H3. The van der Waals surface area contributed by atoms with E-state index in [1.54, 1.807) is 32.4 Å². The molecule has 0 N–H and O–H groups in total. The predicted molar refractivity (Wildman–Crippen MR) is 98.4 cm³/mol. The summed E-state index contributed by atoms with van der Waals surface area (Å²) in [5.74, 6) is 2.30. The molecule has 0 atom stereocenters. The Labute approximate surface area is 151 Å². The molecule has 0 unspecified atom stereocenters. The highest BCUT2D eigenvalue weighted by molar-refractivity contribution is 5.78. The summed E-state index contributed by atoms with van der Waals surface area (Å²) in [5, 5.41) is 0.393. The molecule has 0 aliphatic rings. The van der Waals surface area contributed by atoms with Crippen molar-refractivity contribution in [1.82, 2.24) is 4.98 Å². The summed E-state index contributed by atoms with van der Waals surface area (Å²) in [7, 11) is 3.18. The van der Waals surface area contributed by atoms with Crippen LogP contribution in [0.1, 0.15) is 25.3 Å². The van der Waals surface area contributed by atoms with Crippen LogP contribution < -0.4 is 19.8 Å². The summed E-state index contributed by atoms with van der Waals surface area (Å²) in [4.78, 5) is 16.9. The van der Waals surface area contributed by atoms with Gasteiger partial charge in [0.05, 0.1) is 37.6 Å². The molecule has 0 amide bonds. The maximum Gasteiger partial charge on any atom is 0.346 e. The minimum atomic E-state index is -0.443. The highest BCUT2D eigenvalue weighted by atomic mass is 16.5. The number of ether oxygens (including phenoxy) is 3. The Bertz CT molecular complexity index is 978. The zero-order chi connectivity index (χ0) is 18.7. The van der Waals surface area contributed by atoms with E-state index < -0.39 is 5.63 Å². The number of benzene rings is 2. The maximum absolute atomic E-state index is 12.4. The van der Waals surface area contributed by atoms with Gasteiger partial charge >= 0.3 is 5.63 Å². The van der Waals surface area contributed by atoms with Crippen molar-refractivity contribution in [2.75, 3.05) is 14.2 Å². The minimum absolute atomic E-state index is 0.0206. The molecule has 1 aromatic heterocycles. The quantitative estimate of drug-likeness (QED) is 0.673. The SMILES string of the molecule is COc1ccc(OC)c(Cc2nc3ccc(OC(C)C)cc3c(=O)o2)c1. The van der Waals surface area contributed by atoms with Gasteiger partial charge in [-0.25, -0.2) is 9.78 Å². The van der Waals surface area contributed by atoms with Gasteiger partial charge in [-0.15, -0.1) is 0 Å². The van der Waals surface area contributed by atoms with Crippen LogP contribution >= 0.6 is 0 Å². The Morgan fingerprint density at radius 2 is 1.81 bits per heavy atom. The molecule has 0 saturated carbocycles. The third-order valence-corrected chi connectivity index (χ3v) is 3.84. The monoisotopic (exact) mass is 355 g/mol. The fraction of sp³-hybridized carbons (Fsp3) is 0.300. The van der Waals surface area contributed by atoms with E-state index in [0.717, 1.165) is 5.56 Å². The van der Waals surface area contributed by atoms with Gasteiger partial charge in [0.15, 0.2) is 0 Å². The van der Waals surface area contributed by atoms with Gasteiger partial charge in [-0.1, -0.05) is 0 Å². The van der Waals surface area contributed by atoms with E-state index in [-0.39, 0.29) is 6.10 Å². The van der Waals surface area contributed by atoms with E-state index >= 15 is 0 Å². The lowest BCUT2D eigenvalue weighted by Gasteiger charge is -2.11. The molecule has 6 heteroatoms. The van der Waals surface area contributed by atoms with Crippen LogP contribution in [-0.4, -0.2) is 25.3 Å². The van der Waals surface area contributed by atoms with Crippen molar-refractivity contribution < 1.29 is 18.6 Å². The second-order valence-electron chi connectivity index (χ2n) is 6.10. The molecular weight excluding hydrogens is 334 g/mol. The zero-order valence-corrected chi connectivity index (χ0v) is 15.2. The molecule has 0 radical (unpaired) electrons. The third-order valence-electron chi connectivity index (χ3n) is 3.84. The molecule has 0 saturated heterocycles. The highest BCUT2D eigenvalue weighted by Gasteiger charge is 2.12. The Morgan fingerprint density at radius 3 is 2.50 bits per heavy atom. The van der Waals surface area contributed by atoms with E-state index in [0.29, 0.717) is 40.5 Å². The van der Waals surface area contributed by atoms with Crippen molar-refractivity contribution in [3.8, 4) is 17.2 Å². The summed E-state index contributed by atoms with van der Waals surface area (Å²) in [5.41, 5.74) is 0.942. The van der Waals surface area contributed by atoms with Crippen LogP contribution in [0, 0.1) is 0 Å². The van der Waals surface area contributed by atoms with E-state index in [1.807, 2.05) is 32.0 Å². The van der Waals surface area contributed by atoms with Crippen LogP contribution in [0.4, 0.5) is 0 Å². The summed E-state index contributed by atoms with van der Waals surface area (Å²) in [6.45, 7) is 3.85. The van der Waals surface area contributed by atoms with Crippen LogP contribution in [0.5, 0.6) is 17.2 Å². The summed E-state index contributed by atoms with van der Waals surface area (Å²) < 4.78 is 21.6. The maximum atomic E-state index is 12.4. The molecule has 0 spiro atoms.